The van der Waals surface area contributed by atoms with E-state index in [1.165, 1.54) is 18.9 Å². The van der Waals surface area contributed by atoms with E-state index in [0.717, 1.165) is 27.5 Å². The topological polar surface area (TPSA) is 183 Å². The second kappa shape index (κ2) is 10.0. The second-order valence-corrected chi connectivity index (χ2v) is 10.0. The Bertz CT molecular complexity index is 1420. The van der Waals surface area contributed by atoms with Crippen molar-refractivity contribution in [2.75, 3.05) is 18.6 Å². The number of hydrogen-bond donors (Lipinski definition) is 3. The molecule has 37 heavy (non-hydrogen) atoms. The third-order valence-electron chi connectivity index (χ3n) is 5.75. The molecule has 0 radical (unpaired) electrons. The number of carboxylic acid groups (broad SMARTS) is 1. The maximum absolute atomic E-state index is 13.0. The molecule has 0 saturated carbocycles. The van der Waals surface area contributed by atoms with Gasteiger partial charge in [-0.1, -0.05) is 5.16 Å². The maximum Gasteiger partial charge on any atom is 0.276 e. The molecule has 2 atom stereocenters. The highest BCUT2D eigenvalue weighted by Crippen LogP contribution is 2.40. The molecular weight excluding hydrogens is 520 g/mol. The van der Waals surface area contributed by atoms with E-state index in [1.54, 1.807) is 11.6 Å². The van der Waals surface area contributed by atoms with Crippen LogP contribution in [-0.4, -0.2) is 67.9 Å². The molecule has 0 bridgehead atoms. The molecule has 0 aromatic carbocycles. The lowest BCUT2D eigenvalue weighted by atomic mass is 10.0. The van der Waals surface area contributed by atoms with Gasteiger partial charge in [-0.15, -0.1) is 23.1 Å². The number of carbonyl (C=O) groups is 3. The summed E-state index contributed by atoms with van der Waals surface area (Å²) in [7, 11) is 1.28. The lowest BCUT2D eigenvalue weighted by Gasteiger charge is -2.50. The highest BCUT2D eigenvalue weighted by molar-refractivity contribution is 8.00. The summed E-state index contributed by atoms with van der Waals surface area (Å²) in [5, 5.41) is 26.5. The molecule has 3 aromatic rings. The normalized spacial score (nSPS) is 19.3. The van der Waals surface area contributed by atoms with E-state index in [-0.39, 0.29) is 28.8 Å². The number of amides is 2. The predicted octanol–water partition coefficient (Wildman–Crippen LogP) is -1.14. The van der Waals surface area contributed by atoms with Gasteiger partial charge < -0.3 is 25.8 Å². The number of carboxylic acids is 1. The summed E-state index contributed by atoms with van der Waals surface area (Å²) in [6.45, 7) is 0.251. The highest BCUT2D eigenvalue weighted by atomic mass is 32.2. The van der Waals surface area contributed by atoms with Crippen molar-refractivity contribution in [1.29, 1.82) is 0 Å². The molecule has 5 rings (SSSR count). The number of fused-ring (bicyclic) bond motifs is 1. The Morgan fingerprint density at radius 2 is 2.16 bits per heavy atom. The van der Waals surface area contributed by atoms with Crippen molar-refractivity contribution in [2.24, 2.45) is 5.16 Å². The van der Waals surface area contributed by atoms with Crippen molar-refractivity contribution in [3.8, 4) is 11.3 Å². The van der Waals surface area contributed by atoms with Gasteiger partial charge in [0.15, 0.2) is 29.8 Å². The largest absolute Gasteiger partial charge is 0.543 e. The monoisotopic (exact) mass is 540 g/mol. The van der Waals surface area contributed by atoms with E-state index in [2.05, 4.69) is 25.7 Å². The van der Waals surface area contributed by atoms with Gasteiger partial charge in [0.25, 0.3) is 11.8 Å². The molecule has 5 heterocycles. The number of nitrogen functional groups attached to an aromatic ring is 1. The summed E-state index contributed by atoms with van der Waals surface area (Å²) in [6, 6.07) is 4.62. The van der Waals surface area contributed by atoms with Crippen molar-refractivity contribution in [3.63, 3.8) is 0 Å². The molecule has 3 aromatic heterocycles. The minimum absolute atomic E-state index is 0.145. The van der Waals surface area contributed by atoms with Crippen molar-refractivity contribution < 1.29 is 28.9 Å². The zero-order chi connectivity index (χ0) is 26.1. The van der Waals surface area contributed by atoms with Crippen molar-refractivity contribution in [2.45, 2.75) is 18.0 Å². The molecule has 2 amide bonds. The van der Waals surface area contributed by atoms with Crippen LogP contribution in [0.3, 0.4) is 0 Å². The van der Waals surface area contributed by atoms with Crippen LogP contribution >= 0.6 is 23.1 Å². The molecule has 190 valence electrons. The number of nitrogens with zero attached hydrogens (tertiary/aromatic N) is 5. The first kappa shape index (κ1) is 24.5. The zero-order valence-electron chi connectivity index (χ0n) is 19.3. The number of thioether (sulfide) groups is 1. The van der Waals surface area contributed by atoms with Crippen LogP contribution in [0.4, 0.5) is 5.13 Å². The van der Waals surface area contributed by atoms with Crippen LogP contribution in [0.1, 0.15) is 5.69 Å². The van der Waals surface area contributed by atoms with Crippen LogP contribution in [-0.2, 0) is 25.8 Å². The van der Waals surface area contributed by atoms with Gasteiger partial charge in [-0.3, -0.25) is 19.6 Å². The number of aromatic nitrogens is 4. The predicted molar refractivity (Wildman–Crippen MR) is 131 cm³/mol. The van der Waals surface area contributed by atoms with Gasteiger partial charge in [0.05, 0.1) is 17.4 Å². The first-order valence-corrected chi connectivity index (χ1v) is 12.8. The lowest BCUT2D eigenvalue weighted by molar-refractivity contribution is -0.689. The molecule has 0 aliphatic carbocycles. The minimum atomic E-state index is -1.45. The number of hydrogen-bond acceptors (Lipinski definition) is 11. The molecule has 4 N–H and O–H groups in total. The van der Waals surface area contributed by atoms with Gasteiger partial charge in [0.2, 0.25) is 0 Å². The number of nitrogens with one attached hydrogen (secondary N) is 2. The average molecular weight is 541 g/mol. The first-order valence-electron chi connectivity index (χ1n) is 10.9. The standard InChI is InChI=1S/C22H20N8O5S2/c1-35-28-15(14-10-37-22(23)25-14)18(31)26-16-19(32)30-17(21(33)34)12(9-36-20(16)30)8-29-6-3-11(4-7-29)13-2-5-24-27-13/h2-7,10,16,20H,8-9H2,1H3,(H4,23,25,26,31,33,34)/b28-15-/t16-,20-/m1/s1. The van der Waals surface area contributed by atoms with Crippen LogP contribution in [0.2, 0.25) is 0 Å². The smallest absolute Gasteiger partial charge is 0.276 e. The fourth-order valence-electron chi connectivity index (χ4n) is 4.07. The Balaban J connectivity index is 1.32. The molecule has 0 spiro atoms. The fourth-order valence-corrected chi connectivity index (χ4v) is 5.95. The number of aromatic amines is 1. The van der Waals surface area contributed by atoms with Crippen molar-refractivity contribution in [3.05, 3.63) is 59.1 Å². The number of aliphatic carboxylic acids is 1. The lowest BCUT2D eigenvalue weighted by Crippen LogP contribution is -2.71. The third-order valence-corrected chi connectivity index (χ3v) is 7.76. The van der Waals surface area contributed by atoms with Crippen LogP contribution < -0.4 is 20.7 Å². The molecule has 13 nitrogen and oxygen atoms in total. The van der Waals surface area contributed by atoms with Crippen molar-refractivity contribution >= 4 is 51.7 Å². The molecular formula is C22H20N8O5S2. The van der Waals surface area contributed by atoms with E-state index in [4.69, 9.17) is 10.6 Å². The molecule has 1 saturated heterocycles. The zero-order valence-corrected chi connectivity index (χ0v) is 20.9. The Labute approximate surface area is 218 Å². The van der Waals surface area contributed by atoms with Crippen LogP contribution in [0, 0.1) is 0 Å². The second-order valence-electron chi connectivity index (χ2n) is 8.01. The van der Waals surface area contributed by atoms with Gasteiger partial charge >= 0.3 is 0 Å². The van der Waals surface area contributed by atoms with Gasteiger partial charge in [0.1, 0.15) is 24.2 Å². The van der Waals surface area contributed by atoms with Crippen LogP contribution in [0.25, 0.3) is 11.3 Å². The summed E-state index contributed by atoms with van der Waals surface area (Å²) < 4.78 is 1.81. The SMILES string of the molecule is CO/N=C(\C(=O)N[C@@H]1C(=O)N2C(C(=O)[O-])=C(C[n+]3ccc(-c4cc[nH]n4)cc3)CS[C@H]12)c1csc(N)n1. The number of anilines is 1. The molecule has 2 aliphatic rings. The molecule has 0 unspecified atom stereocenters. The van der Waals surface area contributed by atoms with Crippen LogP contribution in [0.15, 0.2) is 58.6 Å². The van der Waals surface area contributed by atoms with Gasteiger partial charge in [-0.25, -0.2) is 9.55 Å². The minimum Gasteiger partial charge on any atom is -0.543 e. The van der Waals surface area contributed by atoms with Gasteiger partial charge in [0, 0.05) is 40.6 Å². The number of rotatable bonds is 8. The Kier molecular flexibility index (Phi) is 6.62. The van der Waals surface area contributed by atoms with Gasteiger partial charge in [-0.05, 0) is 6.07 Å². The van der Waals surface area contributed by atoms with E-state index in [9.17, 15) is 19.5 Å². The number of oxime groups is 1. The van der Waals surface area contributed by atoms with Gasteiger partial charge in [-0.2, -0.15) is 5.10 Å². The van der Waals surface area contributed by atoms with E-state index >= 15 is 0 Å². The number of H-pyrrole nitrogens is 1. The van der Waals surface area contributed by atoms with Crippen molar-refractivity contribution in [1.82, 2.24) is 25.4 Å². The number of thiazole rings is 1. The highest BCUT2D eigenvalue weighted by Gasteiger charge is 2.53. The first-order chi connectivity index (χ1) is 17.9. The summed E-state index contributed by atoms with van der Waals surface area (Å²) in [4.78, 5) is 47.9. The Morgan fingerprint density at radius 1 is 1.38 bits per heavy atom. The number of carbonyl (C=O) groups excluding carboxylic acids is 3. The molecule has 1 fully saturated rings. The number of β-lactam (4-membered cyclic amide) rings is 1. The maximum atomic E-state index is 13.0. The van der Waals surface area contributed by atoms with E-state index < -0.39 is 29.2 Å². The summed E-state index contributed by atoms with van der Waals surface area (Å²) in [6.07, 6.45) is 5.34. The molecule has 2 aliphatic heterocycles. The average Bonchev–Trinajstić information content (AvgIpc) is 3.58. The third kappa shape index (κ3) is 4.65. The Hall–Kier alpha value is -4.24. The summed E-state index contributed by atoms with van der Waals surface area (Å²) >= 11 is 2.47. The number of pyridine rings is 1. The molecule has 15 heteroatoms. The fraction of sp³-hybridized carbons (Fsp3) is 0.227. The van der Waals surface area contributed by atoms with Crippen LogP contribution in [0.5, 0.6) is 0 Å². The van der Waals surface area contributed by atoms with E-state index in [0.29, 0.717) is 11.3 Å². The number of nitrogens with two attached hydrogens (primary N) is 1. The van der Waals surface area contributed by atoms with E-state index in [1.807, 2.05) is 35.2 Å². The Morgan fingerprint density at radius 3 is 2.78 bits per heavy atom. The summed E-state index contributed by atoms with van der Waals surface area (Å²) in [5.74, 6) is -2.37. The quantitative estimate of drug-likeness (QED) is 0.138. The summed E-state index contributed by atoms with van der Waals surface area (Å²) in [5.41, 5.74) is 7.74.